The monoisotopic (exact) mass is 253 g/mol. The molecule has 0 aromatic rings. The minimum Gasteiger partial charge on any atom is -0.381 e. The largest absolute Gasteiger partial charge is 0.381 e. The lowest BCUT2D eigenvalue weighted by Gasteiger charge is -2.38. The zero-order valence-corrected chi connectivity index (χ0v) is 12.3. The molecule has 2 nitrogen and oxygen atoms in total. The van der Waals surface area contributed by atoms with Gasteiger partial charge in [-0.25, -0.2) is 0 Å². The average Bonchev–Trinajstić information content (AvgIpc) is 2.84. The summed E-state index contributed by atoms with van der Waals surface area (Å²) in [7, 11) is 0. The van der Waals surface area contributed by atoms with E-state index in [9.17, 15) is 0 Å². The number of nitrogens with one attached hydrogen (secondary N) is 1. The van der Waals surface area contributed by atoms with Crippen molar-refractivity contribution in [3.05, 3.63) is 0 Å². The van der Waals surface area contributed by atoms with Gasteiger partial charge in [-0.1, -0.05) is 26.7 Å². The molecule has 2 heteroatoms. The van der Waals surface area contributed by atoms with Gasteiger partial charge in [0, 0.05) is 19.3 Å². The van der Waals surface area contributed by atoms with Crippen LogP contribution in [-0.4, -0.2) is 25.8 Å². The molecule has 1 N–H and O–H groups in total. The van der Waals surface area contributed by atoms with Crippen molar-refractivity contribution in [1.29, 1.82) is 0 Å². The van der Waals surface area contributed by atoms with Gasteiger partial charge >= 0.3 is 0 Å². The van der Waals surface area contributed by atoms with Crippen LogP contribution in [0.5, 0.6) is 0 Å². The van der Waals surface area contributed by atoms with Crippen molar-refractivity contribution in [3.63, 3.8) is 0 Å². The summed E-state index contributed by atoms with van der Waals surface area (Å²) in [5.74, 6) is 0.894. The van der Waals surface area contributed by atoms with Crippen molar-refractivity contribution in [1.82, 2.24) is 5.32 Å². The standard InChI is InChI=1S/C16H31NO/c1-3-10-17-15(16(2)8-4-5-9-16)13-14-6-11-18-12-7-14/h14-15,17H,3-13H2,1-2H3. The fraction of sp³-hybridized carbons (Fsp3) is 1.00. The van der Waals surface area contributed by atoms with Gasteiger partial charge < -0.3 is 10.1 Å². The molecule has 0 aromatic carbocycles. The Kier molecular flexibility index (Phi) is 5.50. The Morgan fingerprint density at radius 2 is 1.89 bits per heavy atom. The summed E-state index contributed by atoms with van der Waals surface area (Å²) in [6.45, 7) is 7.95. The summed E-state index contributed by atoms with van der Waals surface area (Å²) < 4.78 is 5.49. The second-order valence-electron chi connectivity index (χ2n) is 6.66. The summed E-state index contributed by atoms with van der Waals surface area (Å²) in [4.78, 5) is 0. The highest BCUT2D eigenvalue weighted by Crippen LogP contribution is 2.43. The SMILES string of the molecule is CCCNC(CC1CCOCC1)C1(C)CCCC1. The van der Waals surface area contributed by atoms with Crippen LogP contribution in [0.15, 0.2) is 0 Å². The number of rotatable bonds is 6. The molecule has 0 radical (unpaired) electrons. The predicted molar refractivity (Wildman–Crippen MR) is 76.8 cm³/mol. The lowest BCUT2D eigenvalue weighted by Crippen LogP contribution is -2.44. The molecule has 1 heterocycles. The van der Waals surface area contributed by atoms with Crippen LogP contribution in [0.25, 0.3) is 0 Å². The lowest BCUT2D eigenvalue weighted by atomic mass is 9.75. The van der Waals surface area contributed by atoms with Crippen LogP contribution >= 0.6 is 0 Å². The van der Waals surface area contributed by atoms with E-state index in [0.717, 1.165) is 25.2 Å². The second kappa shape index (κ2) is 6.91. The molecule has 18 heavy (non-hydrogen) atoms. The molecule has 2 fully saturated rings. The average molecular weight is 253 g/mol. The smallest absolute Gasteiger partial charge is 0.0468 e. The molecular weight excluding hydrogens is 222 g/mol. The zero-order chi connectivity index (χ0) is 12.8. The predicted octanol–water partition coefficient (Wildman–Crippen LogP) is 3.75. The molecule has 0 amide bonds. The first-order valence-corrected chi connectivity index (χ1v) is 8.06. The summed E-state index contributed by atoms with van der Waals surface area (Å²) in [6, 6.07) is 0.739. The van der Waals surface area contributed by atoms with Gasteiger partial charge in [0.05, 0.1) is 0 Å². The van der Waals surface area contributed by atoms with E-state index in [-0.39, 0.29) is 0 Å². The Bertz CT molecular complexity index is 229. The van der Waals surface area contributed by atoms with Crippen molar-refractivity contribution >= 4 is 0 Å². The van der Waals surface area contributed by atoms with E-state index >= 15 is 0 Å². The molecule has 1 saturated carbocycles. The van der Waals surface area contributed by atoms with Gasteiger partial charge in [-0.3, -0.25) is 0 Å². The molecule has 2 rings (SSSR count). The number of hydrogen-bond acceptors (Lipinski definition) is 2. The van der Waals surface area contributed by atoms with Crippen LogP contribution in [-0.2, 0) is 4.74 Å². The molecule has 1 atom stereocenters. The Morgan fingerprint density at radius 3 is 2.50 bits per heavy atom. The first-order chi connectivity index (χ1) is 8.74. The summed E-state index contributed by atoms with van der Waals surface area (Å²) in [6.07, 6.45) is 10.9. The highest BCUT2D eigenvalue weighted by Gasteiger charge is 2.37. The molecule has 0 spiro atoms. The minimum atomic E-state index is 0.563. The van der Waals surface area contributed by atoms with Crippen LogP contribution in [0, 0.1) is 11.3 Å². The maximum Gasteiger partial charge on any atom is 0.0468 e. The second-order valence-corrected chi connectivity index (χ2v) is 6.66. The van der Waals surface area contributed by atoms with Crippen LogP contribution in [0.3, 0.4) is 0 Å². The van der Waals surface area contributed by atoms with Gasteiger partial charge in [0.1, 0.15) is 0 Å². The van der Waals surface area contributed by atoms with Crippen molar-refractivity contribution < 1.29 is 4.74 Å². The maximum atomic E-state index is 5.49. The quantitative estimate of drug-likeness (QED) is 0.778. The van der Waals surface area contributed by atoms with E-state index in [0.29, 0.717) is 5.41 Å². The molecule has 1 unspecified atom stereocenters. The number of hydrogen-bond donors (Lipinski definition) is 1. The molecule has 1 saturated heterocycles. The van der Waals surface area contributed by atoms with Crippen molar-refractivity contribution in [2.75, 3.05) is 19.8 Å². The highest BCUT2D eigenvalue weighted by atomic mass is 16.5. The molecular formula is C16H31NO. The summed E-state index contributed by atoms with van der Waals surface area (Å²) in [5.41, 5.74) is 0.563. The number of ether oxygens (including phenoxy) is 1. The highest BCUT2D eigenvalue weighted by molar-refractivity contribution is 4.92. The van der Waals surface area contributed by atoms with E-state index in [4.69, 9.17) is 4.74 Å². The normalized spacial score (nSPS) is 26.3. The van der Waals surface area contributed by atoms with Gasteiger partial charge in [-0.05, 0) is 56.4 Å². The molecule has 1 aliphatic heterocycles. The minimum absolute atomic E-state index is 0.563. The van der Waals surface area contributed by atoms with Gasteiger partial charge in [-0.2, -0.15) is 0 Å². The Morgan fingerprint density at radius 1 is 1.22 bits per heavy atom. The van der Waals surface area contributed by atoms with Crippen molar-refractivity contribution in [2.45, 2.75) is 71.3 Å². The van der Waals surface area contributed by atoms with E-state index in [1.807, 2.05) is 0 Å². The van der Waals surface area contributed by atoms with Crippen LogP contribution in [0.1, 0.15) is 65.2 Å². The van der Waals surface area contributed by atoms with Crippen LogP contribution in [0.2, 0.25) is 0 Å². The molecule has 2 aliphatic rings. The Labute approximate surface area is 113 Å². The van der Waals surface area contributed by atoms with Crippen LogP contribution < -0.4 is 5.32 Å². The summed E-state index contributed by atoms with van der Waals surface area (Å²) in [5, 5.41) is 3.86. The lowest BCUT2D eigenvalue weighted by molar-refractivity contribution is 0.0523. The zero-order valence-electron chi connectivity index (χ0n) is 12.3. The van der Waals surface area contributed by atoms with E-state index in [1.54, 1.807) is 0 Å². The Balaban J connectivity index is 1.90. The molecule has 1 aliphatic carbocycles. The van der Waals surface area contributed by atoms with Crippen LogP contribution in [0.4, 0.5) is 0 Å². The van der Waals surface area contributed by atoms with Gasteiger partial charge in [0.15, 0.2) is 0 Å². The molecule has 106 valence electrons. The molecule has 0 bridgehead atoms. The van der Waals surface area contributed by atoms with Crippen molar-refractivity contribution in [2.24, 2.45) is 11.3 Å². The van der Waals surface area contributed by atoms with E-state index < -0.39 is 0 Å². The van der Waals surface area contributed by atoms with Gasteiger partial charge in [0.2, 0.25) is 0 Å². The molecule has 0 aromatic heterocycles. The Hall–Kier alpha value is -0.0800. The third-order valence-electron chi connectivity index (χ3n) is 5.14. The van der Waals surface area contributed by atoms with Crippen molar-refractivity contribution in [3.8, 4) is 0 Å². The maximum absolute atomic E-state index is 5.49. The fourth-order valence-electron chi connectivity index (χ4n) is 3.78. The van der Waals surface area contributed by atoms with E-state index in [2.05, 4.69) is 19.2 Å². The fourth-order valence-corrected chi connectivity index (χ4v) is 3.78. The van der Waals surface area contributed by atoms with Gasteiger partial charge in [-0.15, -0.1) is 0 Å². The third-order valence-corrected chi connectivity index (χ3v) is 5.14. The van der Waals surface area contributed by atoms with Gasteiger partial charge in [0.25, 0.3) is 0 Å². The first kappa shape index (κ1) is 14.3. The van der Waals surface area contributed by atoms with E-state index in [1.165, 1.54) is 57.9 Å². The third kappa shape index (κ3) is 3.71. The first-order valence-electron chi connectivity index (χ1n) is 8.06. The topological polar surface area (TPSA) is 21.3 Å². The summed E-state index contributed by atoms with van der Waals surface area (Å²) >= 11 is 0.